The van der Waals surface area contributed by atoms with Crippen molar-refractivity contribution in [2.75, 3.05) is 20.8 Å². The third-order valence-corrected chi connectivity index (χ3v) is 3.94. The molecule has 0 aliphatic heterocycles. The molecule has 0 aliphatic rings. The van der Waals surface area contributed by atoms with Crippen molar-refractivity contribution in [2.24, 2.45) is 0 Å². The maximum absolute atomic E-state index is 12.0. The number of amides is 1. The van der Waals surface area contributed by atoms with Gasteiger partial charge in [0.25, 0.3) is 5.91 Å². The Morgan fingerprint density at radius 1 is 1.37 bits per heavy atom. The molecule has 0 spiro atoms. The fraction of sp³-hybridized carbons (Fsp3) is 0.500. The highest BCUT2D eigenvalue weighted by Gasteiger charge is 2.13. The molecule has 1 atom stereocenters. The first-order valence-corrected chi connectivity index (χ1v) is 7.18. The van der Waals surface area contributed by atoms with Crippen molar-refractivity contribution in [1.82, 2.24) is 5.32 Å². The van der Waals surface area contributed by atoms with E-state index >= 15 is 0 Å². The van der Waals surface area contributed by atoms with Crippen LogP contribution in [0.5, 0.6) is 11.5 Å². The van der Waals surface area contributed by atoms with E-state index in [4.69, 9.17) is 9.47 Å². The van der Waals surface area contributed by atoms with Crippen LogP contribution in [0.3, 0.4) is 0 Å². The fourth-order valence-electron chi connectivity index (χ4n) is 1.63. The van der Waals surface area contributed by atoms with Crippen molar-refractivity contribution in [1.29, 1.82) is 0 Å². The summed E-state index contributed by atoms with van der Waals surface area (Å²) in [6, 6.07) is 5.16. The predicted octanol–water partition coefficient (Wildman–Crippen LogP) is 3.00. The highest BCUT2D eigenvalue weighted by Crippen LogP contribution is 2.24. The van der Waals surface area contributed by atoms with Crippen LogP contribution in [0.4, 0.5) is 0 Å². The monoisotopic (exact) mass is 329 g/mol. The van der Waals surface area contributed by atoms with E-state index in [1.165, 1.54) is 7.11 Å². The van der Waals surface area contributed by atoms with E-state index in [-0.39, 0.29) is 5.91 Å². The van der Waals surface area contributed by atoms with Crippen molar-refractivity contribution < 1.29 is 14.3 Å². The number of nitrogens with one attached hydrogen (secondary N) is 1. The van der Waals surface area contributed by atoms with Gasteiger partial charge >= 0.3 is 0 Å². The minimum atomic E-state index is -0.129. The van der Waals surface area contributed by atoms with Crippen LogP contribution in [0.1, 0.15) is 30.1 Å². The molecule has 1 N–H and O–H groups in total. The van der Waals surface area contributed by atoms with Crippen molar-refractivity contribution in [2.45, 2.75) is 24.6 Å². The van der Waals surface area contributed by atoms with Crippen LogP contribution in [0.2, 0.25) is 0 Å². The topological polar surface area (TPSA) is 47.6 Å². The van der Waals surface area contributed by atoms with Gasteiger partial charge in [-0.05, 0) is 25.0 Å². The third-order valence-electron chi connectivity index (χ3n) is 2.84. The molecular formula is C14H20BrNO3. The van der Waals surface area contributed by atoms with Gasteiger partial charge < -0.3 is 14.8 Å². The summed E-state index contributed by atoms with van der Waals surface area (Å²) in [6.07, 6.45) is 1.95. The lowest BCUT2D eigenvalue weighted by Crippen LogP contribution is -2.26. The summed E-state index contributed by atoms with van der Waals surface area (Å²) >= 11 is 3.54. The first-order chi connectivity index (χ1) is 9.12. The molecule has 106 valence electrons. The Bertz CT molecular complexity index is 423. The molecule has 1 rings (SSSR count). The SMILES string of the molecule is CCC(Br)CCNC(=O)c1ccc(OC)cc1OC. The molecular weight excluding hydrogens is 310 g/mol. The molecule has 0 bridgehead atoms. The quantitative estimate of drug-likeness (QED) is 0.782. The minimum absolute atomic E-state index is 0.129. The van der Waals surface area contributed by atoms with Crippen LogP contribution < -0.4 is 14.8 Å². The van der Waals surface area contributed by atoms with E-state index < -0.39 is 0 Å². The Morgan fingerprint density at radius 3 is 2.68 bits per heavy atom. The van der Waals surface area contributed by atoms with Gasteiger partial charge in [0, 0.05) is 17.4 Å². The Labute approximate surface area is 122 Å². The van der Waals surface area contributed by atoms with E-state index in [0.717, 1.165) is 12.8 Å². The molecule has 19 heavy (non-hydrogen) atoms. The lowest BCUT2D eigenvalue weighted by molar-refractivity contribution is 0.0950. The first kappa shape index (κ1) is 15.8. The molecule has 4 nitrogen and oxygen atoms in total. The summed E-state index contributed by atoms with van der Waals surface area (Å²) in [6.45, 7) is 2.74. The number of methoxy groups -OCH3 is 2. The number of benzene rings is 1. The van der Waals surface area contributed by atoms with E-state index in [1.54, 1.807) is 25.3 Å². The molecule has 0 aliphatic carbocycles. The molecule has 1 amide bonds. The largest absolute Gasteiger partial charge is 0.497 e. The molecule has 0 saturated carbocycles. The third kappa shape index (κ3) is 4.74. The average molecular weight is 330 g/mol. The van der Waals surface area contributed by atoms with Crippen LogP contribution >= 0.6 is 15.9 Å². The zero-order chi connectivity index (χ0) is 14.3. The number of hydrogen-bond acceptors (Lipinski definition) is 3. The molecule has 5 heteroatoms. The summed E-state index contributed by atoms with van der Waals surface area (Å²) in [5, 5.41) is 2.89. The van der Waals surface area contributed by atoms with Crippen LogP contribution in [0.15, 0.2) is 18.2 Å². The second-order valence-electron chi connectivity index (χ2n) is 4.12. The average Bonchev–Trinajstić information content (AvgIpc) is 2.45. The van der Waals surface area contributed by atoms with Gasteiger partial charge in [-0.25, -0.2) is 0 Å². The van der Waals surface area contributed by atoms with Crippen LogP contribution in [0.25, 0.3) is 0 Å². The maximum Gasteiger partial charge on any atom is 0.255 e. The lowest BCUT2D eigenvalue weighted by Gasteiger charge is -2.11. The Hall–Kier alpha value is -1.23. The van der Waals surface area contributed by atoms with Crippen molar-refractivity contribution in [3.63, 3.8) is 0 Å². The molecule has 1 unspecified atom stereocenters. The molecule has 1 aromatic carbocycles. The van der Waals surface area contributed by atoms with Gasteiger partial charge in [-0.2, -0.15) is 0 Å². The van der Waals surface area contributed by atoms with E-state index in [1.807, 2.05) is 0 Å². The number of rotatable bonds is 7. The number of hydrogen-bond donors (Lipinski definition) is 1. The van der Waals surface area contributed by atoms with Crippen LogP contribution in [-0.2, 0) is 0 Å². The molecule has 0 saturated heterocycles. The van der Waals surface area contributed by atoms with Gasteiger partial charge in [0.05, 0.1) is 19.8 Å². The molecule has 0 aromatic heterocycles. The molecule has 0 fully saturated rings. The summed E-state index contributed by atoms with van der Waals surface area (Å²) in [7, 11) is 3.12. The fourth-order valence-corrected chi connectivity index (χ4v) is 1.86. The Morgan fingerprint density at radius 2 is 2.11 bits per heavy atom. The standard InChI is InChI=1S/C14H20BrNO3/c1-4-10(15)7-8-16-14(17)12-6-5-11(18-2)9-13(12)19-3/h5-6,9-10H,4,7-8H2,1-3H3,(H,16,17). The highest BCUT2D eigenvalue weighted by molar-refractivity contribution is 9.09. The first-order valence-electron chi connectivity index (χ1n) is 6.26. The molecule has 0 heterocycles. The number of halogens is 1. The Kier molecular flexibility index (Phi) is 6.70. The maximum atomic E-state index is 12.0. The van der Waals surface area contributed by atoms with Crippen molar-refractivity contribution in [3.8, 4) is 11.5 Å². The molecule has 1 aromatic rings. The van der Waals surface area contributed by atoms with Gasteiger partial charge in [0.2, 0.25) is 0 Å². The van der Waals surface area contributed by atoms with Crippen LogP contribution in [-0.4, -0.2) is 31.5 Å². The van der Waals surface area contributed by atoms with Crippen molar-refractivity contribution in [3.05, 3.63) is 23.8 Å². The van der Waals surface area contributed by atoms with Crippen LogP contribution in [0, 0.1) is 0 Å². The van der Waals surface area contributed by atoms with Gasteiger partial charge in [-0.3, -0.25) is 4.79 Å². The van der Waals surface area contributed by atoms with Crippen molar-refractivity contribution >= 4 is 21.8 Å². The van der Waals surface area contributed by atoms with Gasteiger partial charge in [0.1, 0.15) is 11.5 Å². The van der Waals surface area contributed by atoms with E-state index in [2.05, 4.69) is 28.2 Å². The second kappa shape index (κ2) is 8.04. The number of alkyl halides is 1. The zero-order valence-corrected chi connectivity index (χ0v) is 13.1. The number of carbonyl (C=O) groups excluding carboxylic acids is 1. The zero-order valence-electron chi connectivity index (χ0n) is 11.5. The summed E-state index contributed by atoms with van der Waals surface area (Å²) in [5.74, 6) is 1.05. The lowest BCUT2D eigenvalue weighted by atomic mass is 10.1. The summed E-state index contributed by atoms with van der Waals surface area (Å²) < 4.78 is 10.3. The summed E-state index contributed by atoms with van der Waals surface area (Å²) in [4.78, 5) is 12.5. The predicted molar refractivity (Wildman–Crippen MR) is 79.5 cm³/mol. The second-order valence-corrected chi connectivity index (χ2v) is 5.41. The van der Waals surface area contributed by atoms with E-state index in [0.29, 0.717) is 28.4 Å². The minimum Gasteiger partial charge on any atom is -0.497 e. The Balaban J connectivity index is 2.66. The summed E-state index contributed by atoms with van der Waals surface area (Å²) in [5.41, 5.74) is 0.519. The molecule has 0 radical (unpaired) electrons. The van der Waals surface area contributed by atoms with Gasteiger partial charge in [0.15, 0.2) is 0 Å². The van der Waals surface area contributed by atoms with E-state index in [9.17, 15) is 4.79 Å². The highest BCUT2D eigenvalue weighted by atomic mass is 79.9. The van der Waals surface area contributed by atoms with Gasteiger partial charge in [-0.15, -0.1) is 0 Å². The smallest absolute Gasteiger partial charge is 0.255 e. The normalized spacial score (nSPS) is 11.8. The number of ether oxygens (including phenoxy) is 2. The number of carbonyl (C=O) groups is 1. The van der Waals surface area contributed by atoms with Gasteiger partial charge in [-0.1, -0.05) is 22.9 Å².